The van der Waals surface area contributed by atoms with Gasteiger partial charge in [0, 0.05) is 22.8 Å². The fourth-order valence-corrected chi connectivity index (χ4v) is 2.14. The first-order valence-corrected chi connectivity index (χ1v) is 6.59. The SMILES string of the molecule is COc1cc(Nc2ccc(Cl)cc2N)cc(OC)c1OC. The molecule has 2 rings (SSSR count). The summed E-state index contributed by atoms with van der Waals surface area (Å²) in [4.78, 5) is 0. The van der Waals surface area contributed by atoms with Crippen LogP contribution in [0.15, 0.2) is 30.3 Å². The van der Waals surface area contributed by atoms with E-state index in [9.17, 15) is 0 Å². The molecule has 0 fully saturated rings. The Morgan fingerprint density at radius 2 is 1.57 bits per heavy atom. The van der Waals surface area contributed by atoms with Crippen molar-refractivity contribution >= 4 is 28.7 Å². The van der Waals surface area contributed by atoms with Crippen molar-refractivity contribution in [1.29, 1.82) is 0 Å². The minimum Gasteiger partial charge on any atom is -0.493 e. The van der Waals surface area contributed by atoms with E-state index in [2.05, 4.69) is 5.32 Å². The van der Waals surface area contributed by atoms with Crippen LogP contribution in [0.3, 0.4) is 0 Å². The summed E-state index contributed by atoms with van der Waals surface area (Å²) in [6.07, 6.45) is 0. The molecular weight excluding hydrogens is 292 g/mol. The van der Waals surface area contributed by atoms with Gasteiger partial charge in [0.15, 0.2) is 11.5 Å². The molecule has 21 heavy (non-hydrogen) atoms. The van der Waals surface area contributed by atoms with Crippen LogP contribution in [0.1, 0.15) is 0 Å². The van der Waals surface area contributed by atoms with Gasteiger partial charge < -0.3 is 25.3 Å². The molecule has 0 bridgehead atoms. The molecule has 2 aromatic rings. The van der Waals surface area contributed by atoms with Crippen molar-refractivity contribution in [3.8, 4) is 17.2 Å². The quantitative estimate of drug-likeness (QED) is 0.825. The number of benzene rings is 2. The molecule has 0 aliphatic carbocycles. The number of anilines is 3. The van der Waals surface area contributed by atoms with Gasteiger partial charge in [0.25, 0.3) is 0 Å². The second kappa shape index (κ2) is 6.45. The van der Waals surface area contributed by atoms with Crippen molar-refractivity contribution in [3.05, 3.63) is 35.4 Å². The van der Waals surface area contributed by atoms with E-state index in [4.69, 9.17) is 31.5 Å². The van der Waals surface area contributed by atoms with Crippen molar-refractivity contribution < 1.29 is 14.2 Å². The lowest BCUT2D eigenvalue weighted by molar-refractivity contribution is 0.324. The van der Waals surface area contributed by atoms with Crippen LogP contribution in [0, 0.1) is 0 Å². The highest BCUT2D eigenvalue weighted by molar-refractivity contribution is 6.31. The van der Waals surface area contributed by atoms with E-state index in [1.807, 2.05) is 0 Å². The van der Waals surface area contributed by atoms with Crippen LogP contribution in [0.2, 0.25) is 5.02 Å². The van der Waals surface area contributed by atoms with Crippen molar-refractivity contribution in [1.82, 2.24) is 0 Å². The Hall–Kier alpha value is -2.27. The lowest BCUT2D eigenvalue weighted by Crippen LogP contribution is -1.99. The molecule has 0 saturated carbocycles. The number of nitrogens with one attached hydrogen (secondary N) is 1. The number of hydrogen-bond acceptors (Lipinski definition) is 5. The summed E-state index contributed by atoms with van der Waals surface area (Å²) in [6, 6.07) is 8.85. The summed E-state index contributed by atoms with van der Waals surface area (Å²) < 4.78 is 15.9. The molecule has 5 nitrogen and oxygen atoms in total. The van der Waals surface area contributed by atoms with Gasteiger partial charge in [-0.2, -0.15) is 0 Å². The van der Waals surface area contributed by atoms with Crippen LogP contribution in [0.25, 0.3) is 0 Å². The molecule has 0 aliphatic rings. The molecule has 2 aromatic carbocycles. The maximum Gasteiger partial charge on any atom is 0.203 e. The highest BCUT2D eigenvalue weighted by Crippen LogP contribution is 2.41. The van der Waals surface area contributed by atoms with Crippen molar-refractivity contribution in [2.24, 2.45) is 0 Å². The molecule has 0 heterocycles. The number of nitrogen functional groups attached to an aromatic ring is 1. The molecule has 0 aromatic heterocycles. The zero-order valence-electron chi connectivity index (χ0n) is 12.1. The van der Waals surface area contributed by atoms with E-state index in [1.54, 1.807) is 51.7 Å². The number of rotatable bonds is 5. The van der Waals surface area contributed by atoms with Crippen LogP contribution in [-0.4, -0.2) is 21.3 Å². The predicted molar refractivity (Wildman–Crippen MR) is 85.2 cm³/mol. The van der Waals surface area contributed by atoms with Gasteiger partial charge in [-0.3, -0.25) is 0 Å². The summed E-state index contributed by atoms with van der Waals surface area (Å²) in [5.74, 6) is 1.66. The Kier molecular flexibility index (Phi) is 4.65. The molecular formula is C15H17ClN2O3. The summed E-state index contributed by atoms with van der Waals surface area (Å²) in [6.45, 7) is 0. The number of hydrogen-bond donors (Lipinski definition) is 2. The van der Waals surface area contributed by atoms with E-state index in [0.29, 0.717) is 28.0 Å². The van der Waals surface area contributed by atoms with Gasteiger partial charge in [-0.05, 0) is 18.2 Å². The molecule has 3 N–H and O–H groups in total. The standard InChI is InChI=1S/C15H17ClN2O3/c1-19-13-7-10(8-14(20-2)15(13)21-3)18-12-5-4-9(16)6-11(12)17/h4-8,18H,17H2,1-3H3. The third kappa shape index (κ3) is 3.25. The van der Waals surface area contributed by atoms with Gasteiger partial charge >= 0.3 is 0 Å². The third-order valence-electron chi connectivity index (χ3n) is 2.96. The number of methoxy groups -OCH3 is 3. The smallest absolute Gasteiger partial charge is 0.203 e. The van der Waals surface area contributed by atoms with Crippen molar-refractivity contribution in [2.45, 2.75) is 0 Å². The number of halogens is 1. The number of ether oxygens (including phenoxy) is 3. The van der Waals surface area contributed by atoms with E-state index in [1.165, 1.54) is 0 Å². The molecule has 112 valence electrons. The van der Waals surface area contributed by atoms with E-state index >= 15 is 0 Å². The fourth-order valence-electron chi connectivity index (χ4n) is 1.96. The predicted octanol–water partition coefficient (Wildman–Crippen LogP) is 3.69. The van der Waals surface area contributed by atoms with Crippen LogP contribution < -0.4 is 25.3 Å². The first-order valence-electron chi connectivity index (χ1n) is 6.21. The van der Waals surface area contributed by atoms with Crippen LogP contribution in [-0.2, 0) is 0 Å². The van der Waals surface area contributed by atoms with Crippen molar-refractivity contribution in [2.75, 3.05) is 32.4 Å². The van der Waals surface area contributed by atoms with E-state index in [-0.39, 0.29) is 0 Å². The summed E-state index contributed by atoms with van der Waals surface area (Å²) in [5, 5.41) is 3.79. The molecule has 6 heteroatoms. The Morgan fingerprint density at radius 1 is 0.952 bits per heavy atom. The number of nitrogens with two attached hydrogens (primary N) is 1. The van der Waals surface area contributed by atoms with Gasteiger partial charge in [0.1, 0.15) is 0 Å². The molecule has 0 spiro atoms. The summed E-state index contributed by atoms with van der Waals surface area (Å²) >= 11 is 5.89. The fraction of sp³-hybridized carbons (Fsp3) is 0.200. The Balaban J connectivity index is 2.40. The molecule has 0 saturated heterocycles. The Labute approximate surface area is 128 Å². The lowest BCUT2D eigenvalue weighted by Gasteiger charge is -2.16. The zero-order valence-corrected chi connectivity index (χ0v) is 12.8. The maximum atomic E-state index is 5.93. The van der Waals surface area contributed by atoms with Crippen LogP contribution in [0.5, 0.6) is 17.2 Å². The van der Waals surface area contributed by atoms with E-state index < -0.39 is 0 Å². The van der Waals surface area contributed by atoms with Gasteiger partial charge in [-0.15, -0.1) is 0 Å². The largest absolute Gasteiger partial charge is 0.493 e. The van der Waals surface area contributed by atoms with Gasteiger partial charge in [-0.1, -0.05) is 11.6 Å². The first-order chi connectivity index (χ1) is 10.1. The topological polar surface area (TPSA) is 65.7 Å². The second-order valence-electron chi connectivity index (χ2n) is 4.27. The monoisotopic (exact) mass is 308 g/mol. The van der Waals surface area contributed by atoms with Crippen LogP contribution in [0.4, 0.5) is 17.1 Å². The second-order valence-corrected chi connectivity index (χ2v) is 4.71. The van der Waals surface area contributed by atoms with E-state index in [0.717, 1.165) is 11.4 Å². The van der Waals surface area contributed by atoms with Crippen molar-refractivity contribution in [3.63, 3.8) is 0 Å². The van der Waals surface area contributed by atoms with Crippen LogP contribution >= 0.6 is 11.6 Å². The summed E-state index contributed by atoms with van der Waals surface area (Å²) in [7, 11) is 4.69. The minimum atomic E-state index is 0.537. The van der Waals surface area contributed by atoms with Gasteiger partial charge in [-0.25, -0.2) is 0 Å². The molecule has 0 atom stereocenters. The molecule has 0 radical (unpaired) electrons. The Bertz CT molecular complexity index is 622. The molecule has 0 unspecified atom stereocenters. The normalized spacial score (nSPS) is 10.1. The average molecular weight is 309 g/mol. The molecule has 0 aliphatic heterocycles. The highest BCUT2D eigenvalue weighted by atomic mass is 35.5. The summed E-state index contributed by atoms with van der Waals surface area (Å²) in [5.41, 5.74) is 7.99. The lowest BCUT2D eigenvalue weighted by atomic mass is 10.2. The highest BCUT2D eigenvalue weighted by Gasteiger charge is 2.13. The first kappa shape index (κ1) is 15.1. The maximum absolute atomic E-state index is 5.93. The Morgan fingerprint density at radius 3 is 2.05 bits per heavy atom. The minimum absolute atomic E-state index is 0.537. The van der Waals surface area contributed by atoms with Gasteiger partial charge in [0.2, 0.25) is 5.75 Å². The molecule has 0 amide bonds. The zero-order chi connectivity index (χ0) is 15.4. The average Bonchev–Trinajstić information content (AvgIpc) is 2.49. The van der Waals surface area contributed by atoms with Gasteiger partial charge in [0.05, 0.1) is 32.7 Å². The third-order valence-corrected chi connectivity index (χ3v) is 3.19.